The first kappa shape index (κ1) is 12.9. The van der Waals surface area contributed by atoms with Gasteiger partial charge < -0.3 is 9.72 Å². The van der Waals surface area contributed by atoms with Gasteiger partial charge in [-0.3, -0.25) is 0 Å². The molecule has 19 heavy (non-hydrogen) atoms. The fourth-order valence-corrected chi connectivity index (χ4v) is 1.91. The van der Waals surface area contributed by atoms with Crippen molar-refractivity contribution in [3.63, 3.8) is 0 Å². The zero-order chi connectivity index (χ0) is 13.7. The molecule has 0 aliphatic carbocycles. The van der Waals surface area contributed by atoms with Crippen molar-refractivity contribution in [2.75, 3.05) is 6.61 Å². The maximum absolute atomic E-state index is 11.7. The molecule has 0 spiro atoms. The van der Waals surface area contributed by atoms with Crippen molar-refractivity contribution >= 4 is 5.97 Å². The summed E-state index contributed by atoms with van der Waals surface area (Å²) in [4.78, 5) is 14.7. The van der Waals surface area contributed by atoms with E-state index in [0.29, 0.717) is 24.2 Å². The normalized spacial score (nSPS) is 9.89. The van der Waals surface area contributed by atoms with Crippen LogP contribution in [-0.2, 0) is 11.2 Å². The molecule has 4 nitrogen and oxygen atoms in total. The average molecular weight is 254 g/mol. The van der Waals surface area contributed by atoms with E-state index in [1.807, 2.05) is 18.2 Å². The lowest BCUT2D eigenvalue weighted by Gasteiger charge is -2.04. The van der Waals surface area contributed by atoms with E-state index in [9.17, 15) is 4.79 Å². The summed E-state index contributed by atoms with van der Waals surface area (Å²) >= 11 is 0. The van der Waals surface area contributed by atoms with Gasteiger partial charge in [-0.2, -0.15) is 5.26 Å². The average Bonchev–Trinajstić information content (AvgIpc) is 2.87. The second-order valence-electron chi connectivity index (χ2n) is 4.10. The van der Waals surface area contributed by atoms with Crippen molar-refractivity contribution < 1.29 is 9.53 Å². The minimum absolute atomic E-state index is 0.324. The van der Waals surface area contributed by atoms with Gasteiger partial charge in [0, 0.05) is 12.4 Å². The third kappa shape index (κ3) is 3.02. The van der Waals surface area contributed by atoms with Gasteiger partial charge in [0.2, 0.25) is 0 Å². The second kappa shape index (κ2) is 5.87. The lowest BCUT2D eigenvalue weighted by molar-refractivity contribution is 0.0525. The highest BCUT2D eigenvalue weighted by atomic mass is 16.5. The Hall–Kier alpha value is -2.54. The topological polar surface area (TPSA) is 65.9 Å². The quantitative estimate of drug-likeness (QED) is 0.853. The number of carbonyl (C=O) groups is 1. The van der Waals surface area contributed by atoms with Crippen LogP contribution in [0, 0.1) is 11.3 Å². The van der Waals surface area contributed by atoms with Gasteiger partial charge >= 0.3 is 5.97 Å². The Labute approximate surface area is 111 Å². The zero-order valence-electron chi connectivity index (χ0n) is 10.6. The highest BCUT2D eigenvalue weighted by molar-refractivity contribution is 5.91. The summed E-state index contributed by atoms with van der Waals surface area (Å²) in [6.45, 7) is 2.13. The van der Waals surface area contributed by atoms with Gasteiger partial charge in [0.05, 0.1) is 23.8 Å². The van der Waals surface area contributed by atoms with Crippen LogP contribution in [0.4, 0.5) is 0 Å². The smallest absolute Gasteiger partial charge is 0.339 e. The molecule has 0 aliphatic rings. The van der Waals surface area contributed by atoms with E-state index in [-0.39, 0.29) is 5.97 Å². The van der Waals surface area contributed by atoms with Gasteiger partial charge in [0.15, 0.2) is 0 Å². The minimum atomic E-state index is -0.324. The van der Waals surface area contributed by atoms with Crippen LogP contribution >= 0.6 is 0 Å². The summed E-state index contributed by atoms with van der Waals surface area (Å²) in [6, 6.07) is 9.45. The van der Waals surface area contributed by atoms with E-state index in [2.05, 4.69) is 11.1 Å². The lowest BCUT2D eigenvalue weighted by atomic mass is 10.0. The molecule has 0 atom stereocenters. The van der Waals surface area contributed by atoms with E-state index < -0.39 is 0 Å². The Kier molecular flexibility index (Phi) is 3.99. The van der Waals surface area contributed by atoms with Crippen molar-refractivity contribution in [1.29, 1.82) is 5.26 Å². The number of nitrogens with one attached hydrogen (secondary N) is 1. The van der Waals surface area contributed by atoms with Gasteiger partial charge in [-0.1, -0.05) is 12.1 Å². The molecule has 0 bridgehead atoms. The van der Waals surface area contributed by atoms with Crippen molar-refractivity contribution in [2.24, 2.45) is 0 Å². The Morgan fingerprint density at radius 3 is 3.00 bits per heavy atom. The van der Waals surface area contributed by atoms with Crippen molar-refractivity contribution in [3.8, 4) is 6.07 Å². The summed E-state index contributed by atoms with van der Waals surface area (Å²) in [7, 11) is 0. The molecular formula is C15H14N2O2. The molecule has 0 radical (unpaired) electrons. The molecule has 2 aromatic rings. The molecule has 1 heterocycles. The highest BCUT2D eigenvalue weighted by Crippen LogP contribution is 2.16. The highest BCUT2D eigenvalue weighted by Gasteiger charge is 2.13. The molecule has 2 rings (SSSR count). The molecule has 4 heteroatoms. The number of rotatable bonds is 4. The Morgan fingerprint density at radius 1 is 1.42 bits per heavy atom. The van der Waals surface area contributed by atoms with E-state index >= 15 is 0 Å². The molecule has 1 aromatic heterocycles. The number of ether oxygens (including phenoxy) is 1. The predicted octanol–water partition coefficient (Wildman–Crippen LogP) is 2.65. The van der Waals surface area contributed by atoms with E-state index in [0.717, 1.165) is 11.1 Å². The predicted molar refractivity (Wildman–Crippen MR) is 70.7 cm³/mol. The van der Waals surface area contributed by atoms with Crippen LogP contribution in [0.3, 0.4) is 0 Å². The maximum Gasteiger partial charge on any atom is 0.339 e. The fraction of sp³-hybridized carbons (Fsp3) is 0.200. The number of hydrogen-bond acceptors (Lipinski definition) is 3. The second-order valence-corrected chi connectivity index (χ2v) is 4.10. The molecular weight excluding hydrogens is 240 g/mol. The van der Waals surface area contributed by atoms with E-state index in [1.54, 1.807) is 25.4 Å². The molecule has 0 saturated heterocycles. The summed E-state index contributed by atoms with van der Waals surface area (Å²) in [5.74, 6) is -0.324. The molecule has 0 aliphatic heterocycles. The van der Waals surface area contributed by atoms with E-state index in [4.69, 9.17) is 10.00 Å². The maximum atomic E-state index is 11.7. The number of H-pyrrole nitrogens is 1. The van der Waals surface area contributed by atoms with Crippen LogP contribution in [0.15, 0.2) is 36.7 Å². The molecule has 0 unspecified atom stereocenters. The Balaban J connectivity index is 2.22. The van der Waals surface area contributed by atoms with Crippen molar-refractivity contribution in [3.05, 3.63) is 58.9 Å². The van der Waals surface area contributed by atoms with Crippen LogP contribution in [-0.4, -0.2) is 17.6 Å². The first-order valence-electron chi connectivity index (χ1n) is 6.06. The van der Waals surface area contributed by atoms with Crippen LogP contribution in [0.1, 0.15) is 34.0 Å². The number of aromatic amines is 1. The largest absolute Gasteiger partial charge is 0.462 e. The van der Waals surface area contributed by atoms with Crippen molar-refractivity contribution in [1.82, 2.24) is 4.98 Å². The number of carbonyl (C=O) groups excluding carboxylic acids is 1. The molecule has 0 saturated carbocycles. The summed E-state index contributed by atoms with van der Waals surface area (Å²) in [5, 5.41) is 8.87. The molecule has 0 amide bonds. The fourth-order valence-electron chi connectivity index (χ4n) is 1.91. The number of nitrogens with zero attached hydrogens (tertiary/aromatic N) is 1. The van der Waals surface area contributed by atoms with Gasteiger partial charge in [-0.15, -0.1) is 0 Å². The van der Waals surface area contributed by atoms with Crippen molar-refractivity contribution in [2.45, 2.75) is 13.3 Å². The number of hydrogen-bond donors (Lipinski definition) is 1. The summed E-state index contributed by atoms with van der Waals surface area (Å²) in [5.41, 5.74) is 3.02. The molecule has 0 fully saturated rings. The Bertz CT molecular complexity index is 623. The number of esters is 1. The first-order chi connectivity index (χ1) is 9.24. The lowest BCUT2D eigenvalue weighted by Crippen LogP contribution is -2.06. The van der Waals surface area contributed by atoms with Crippen LogP contribution < -0.4 is 0 Å². The number of aromatic nitrogens is 1. The first-order valence-corrected chi connectivity index (χ1v) is 6.06. The Morgan fingerprint density at radius 2 is 2.26 bits per heavy atom. The van der Waals surface area contributed by atoms with E-state index in [1.165, 1.54) is 0 Å². The molecule has 96 valence electrons. The van der Waals surface area contributed by atoms with Gasteiger partial charge in [0.1, 0.15) is 0 Å². The SMILES string of the molecule is CCOC(=O)c1c[nH]cc1Cc1cccc(C#N)c1. The monoisotopic (exact) mass is 254 g/mol. The number of nitriles is 1. The number of benzene rings is 1. The van der Waals surface area contributed by atoms with Gasteiger partial charge in [0.25, 0.3) is 0 Å². The zero-order valence-corrected chi connectivity index (χ0v) is 10.6. The van der Waals surface area contributed by atoms with Crippen LogP contribution in [0.2, 0.25) is 0 Å². The van der Waals surface area contributed by atoms with Crippen LogP contribution in [0.5, 0.6) is 0 Å². The minimum Gasteiger partial charge on any atom is -0.462 e. The third-order valence-electron chi connectivity index (χ3n) is 2.78. The molecule has 1 N–H and O–H groups in total. The van der Waals surface area contributed by atoms with Gasteiger partial charge in [-0.05, 0) is 36.6 Å². The van der Waals surface area contributed by atoms with Crippen LogP contribution in [0.25, 0.3) is 0 Å². The summed E-state index contributed by atoms with van der Waals surface area (Å²) in [6.07, 6.45) is 4.01. The summed E-state index contributed by atoms with van der Waals surface area (Å²) < 4.78 is 5.00. The molecule has 1 aromatic carbocycles. The van der Waals surface area contributed by atoms with Gasteiger partial charge in [-0.25, -0.2) is 4.79 Å². The standard InChI is InChI=1S/C15H14N2O2/c1-2-19-15(18)14-10-17-9-13(14)7-11-4-3-5-12(6-11)8-16/h3-6,9-10,17H,2,7H2,1H3. The third-order valence-corrected chi connectivity index (χ3v) is 2.78.